The van der Waals surface area contributed by atoms with Gasteiger partial charge in [-0.15, -0.1) is 0 Å². The number of rotatable bonds is 8. The number of aryl methyl sites for hydroxylation is 1. The summed E-state index contributed by atoms with van der Waals surface area (Å²) in [5, 5.41) is 7.03. The van der Waals surface area contributed by atoms with Gasteiger partial charge in [0.25, 0.3) is 0 Å². The van der Waals surface area contributed by atoms with Crippen LogP contribution in [0.4, 0.5) is 17.3 Å². The van der Waals surface area contributed by atoms with Crippen LogP contribution in [0.2, 0.25) is 5.02 Å². The lowest BCUT2D eigenvalue weighted by Crippen LogP contribution is -2.06. The smallest absolute Gasteiger partial charge is 0.144 e. The van der Waals surface area contributed by atoms with E-state index in [1.165, 1.54) is 0 Å². The largest absolute Gasteiger partial charge is 0.495 e. The summed E-state index contributed by atoms with van der Waals surface area (Å²) in [4.78, 5) is 8.82. The highest BCUT2D eigenvalue weighted by molar-refractivity contribution is 6.32. The molecule has 0 fully saturated rings. The average molecular weight is 351 g/mol. The van der Waals surface area contributed by atoms with Gasteiger partial charge in [-0.1, -0.05) is 24.9 Å². The van der Waals surface area contributed by atoms with Crippen LogP contribution in [-0.2, 0) is 0 Å². The Morgan fingerprint density at radius 1 is 1.04 bits per heavy atom. The predicted molar refractivity (Wildman–Crippen MR) is 98.0 cm³/mol. The summed E-state index contributed by atoms with van der Waals surface area (Å²) in [6, 6.07) is 5.35. The minimum absolute atomic E-state index is 0.487. The number of hydrogen-bond donors (Lipinski definition) is 2. The van der Waals surface area contributed by atoms with Crippen LogP contribution in [0.3, 0.4) is 0 Å². The van der Waals surface area contributed by atoms with Crippen LogP contribution in [0.1, 0.15) is 25.6 Å². The molecule has 0 aliphatic carbocycles. The van der Waals surface area contributed by atoms with Crippen molar-refractivity contribution in [2.24, 2.45) is 0 Å². The SMILES string of the molecule is CCCCNc1cc(Nc2cc(OC)c(Cl)cc2OC)nc(C)n1. The van der Waals surface area contributed by atoms with Crippen LogP contribution < -0.4 is 20.1 Å². The lowest BCUT2D eigenvalue weighted by atomic mass is 10.2. The Labute approximate surface area is 147 Å². The van der Waals surface area contributed by atoms with Crippen LogP contribution in [0, 0.1) is 6.92 Å². The molecule has 130 valence electrons. The third-order valence-corrected chi connectivity index (χ3v) is 3.71. The van der Waals surface area contributed by atoms with Gasteiger partial charge < -0.3 is 20.1 Å². The fourth-order valence-electron chi connectivity index (χ4n) is 2.21. The zero-order chi connectivity index (χ0) is 17.5. The predicted octanol–water partition coefficient (Wildman–Crippen LogP) is 4.41. The molecule has 1 aromatic carbocycles. The molecule has 1 aromatic heterocycles. The second-order valence-corrected chi connectivity index (χ2v) is 5.69. The summed E-state index contributed by atoms with van der Waals surface area (Å²) in [6.45, 7) is 4.89. The summed E-state index contributed by atoms with van der Waals surface area (Å²) in [6.07, 6.45) is 2.22. The minimum atomic E-state index is 0.487. The number of unbranched alkanes of at least 4 members (excludes halogenated alkanes) is 1. The molecule has 0 atom stereocenters. The van der Waals surface area contributed by atoms with Gasteiger partial charge in [0.1, 0.15) is 29.0 Å². The number of benzene rings is 1. The first-order chi connectivity index (χ1) is 11.6. The van der Waals surface area contributed by atoms with Crippen molar-refractivity contribution in [2.75, 3.05) is 31.4 Å². The van der Waals surface area contributed by atoms with Crippen LogP contribution in [0.25, 0.3) is 0 Å². The van der Waals surface area contributed by atoms with Gasteiger partial charge in [0.05, 0.1) is 24.9 Å². The third-order valence-electron chi connectivity index (χ3n) is 3.41. The van der Waals surface area contributed by atoms with Gasteiger partial charge in [0.15, 0.2) is 0 Å². The van der Waals surface area contributed by atoms with E-state index < -0.39 is 0 Å². The summed E-state index contributed by atoms with van der Waals surface area (Å²) in [5.41, 5.74) is 0.719. The Kier molecular flexibility index (Phi) is 6.49. The first-order valence-corrected chi connectivity index (χ1v) is 8.23. The molecule has 0 aliphatic rings. The van der Waals surface area contributed by atoms with Crippen molar-refractivity contribution in [3.05, 3.63) is 29.0 Å². The maximum Gasteiger partial charge on any atom is 0.144 e. The number of nitrogens with one attached hydrogen (secondary N) is 2. The van der Waals surface area contributed by atoms with Crippen LogP contribution in [0.15, 0.2) is 18.2 Å². The molecule has 2 N–H and O–H groups in total. The molecule has 6 nitrogen and oxygen atoms in total. The highest BCUT2D eigenvalue weighted by Gasteiger charge is 2.11. The molecule has 2 aromatic rings. The second kappa shape index (κ2) is 8.59. The Bertz CT molecular complexity index is 695. The minimum Gasteiger partial charge on any atom is -0.495 e. The van der Waals surface area contributed by atoms with Gasteiger partial charge in [0.2, 0.25) is 0 Å². The van der Waals surface area contributed by atoms with E-state index in [0.29, 0.717) is 28.2 Å². The van der Waals surface area contributed by atoms with E-state index >= 15 is 0 Å². The highest BCUT2D eigenvalue weighted by atomic mass is 35.5. The lowest BCUT2D eigenvalue weighted by molar-refractivity contribution is 0.405. The van der Waals surface area contributed by atoms with Crippen molar-refractivity contribution in [3.63, 3.8) is 0 Å². The fourth-order valence-corrected chi connectivity index (χ4v) is 2.44. The molecule has 0 aliphatic heterocycles. The molecule has 0 bridgehead atoms. The maximum absolute atomic E-state index is 6.14. The molecule has 0 unspecified atom stereocenters. The third kappa shape index (κ3) is 4.64. The number of ether oxygens (including phenoxy) is 2. The fraction of sp³-hybridized carbons (Fsp3) is 0.412. The summed E-state index contributed by atoms with van der Waals surface area (Å²) in [7, 11) is 3.16. The summed E-state index contributed by atoms with van der Waals surface area (Å²) < 4.78 is 10.6. The van der Waals surface area contributed by atoms with Gasteiger partial charge in [-0.3, -0.25) is 0 Å². The molecule has 0 radical (unpaired) electrons. The Morgan fingerprint density at radius 2 is 1.75 bits per heavy atom. The van der Waals surface area contributed by atoms with Crippen LogP contribution in [-0.4, -0.2) is 30.7 Å². The molecular weight excluding hydrogens is 328 g/mol. The number of hydrogen-bond acceptors (Lipinski definition) is 6. The van der Waals surface area contributed by atoms with E-state index in [1.54, 1.807) is 26.4 Å². The van der Waals surface area contributed by atoms with Gasteiger partial charge in [-0.2, -0.15) is 0 Å². The molecule has 0 saturated heterocycles. The Hall–Kier alpha value is -2.21. The second-order valence-electron chi connectivity index (χ2n) is 5.28. The van der Waals surface area contributed by atoms with E-state index in [2.05, 4.69) is 27.5 Å². The highest BCUT2D eigenvalue weighted by Crippen LogP contribution is 2.37. The van der Waals surface area contributed by atoms with Crippen molar-refractivity contribution >= 4 is 28.9 Å². The zero-order valence-electron chi connectivity index (χ0n) is 14.4. The quantitative estimate of drug-likeness (QED) is 0.687. The summed E-state index contributed by atoms with van der Waals surface area (Å²) >= 11 is 6.14. The van der Waals surface area contributed by atoms with E-state index in [-0.39, 0.29) is 0 Å². The van der Waals surface area contributed by atoms with Crippen molar-refractivity contribution in [1.29, 1.82) is 0 Å². The zero-order valence-corrected chi connectivity index (χ0v) is 15.2. The maximum atomic E-state index is 6.14. The van der Waals surface area contributed by atoms with Gasteiger partial charge in [-0.05, 0) is 13.3 Å². The normalized spacial score (nSPS) is 10.4. The van der Waals surface area contributed by atoms with Gasteiger partial charge >= 0.3 is 0 Å². The van der Waals surface area contributed by atoms with E-state index in [0.717, 1.165) is 30.9 Å². The standard InChI is InChI=1S/C17H23ClN4O2/c1-5-6-7-19-16-10-17(21-11(2)20-16)22-13-9-14(23-3)12(18)8-15(13)24-4/h8-10H,5-7H2,1-4H3,(H2,19,20,21,22). The van der Waals surface area contributed by atoms with E-state index in [9.17, 15) is 0 Å². The van der Waals surface area contributed by atoms with Crippen LogP contribution in [0.5, 0.6) is 11.5 Å². The molecule has 0 amide bonds. The van der Waals surface area contributed by atoms with Crippen molar-refractivity contribution in [3.8, 4) is 11.5 Å². The van der Waals surface area contributed by atoms with Crippen LogP contribution >= 0.6 is 11.6 Å². The van der Waals surface area contributed by atoms with E-state index in [1.807, 2.05) is 13.0 Å². The van der Waals surface area contributed by atoms with Gasteiger partial charge in [0, 0.05) is 24.7 Å². The Morgan fingerprint density at radius 3 is 2.42 bits per heavy atom. The molecular formula is C17H23ClN4O2. The first-order valence-electron chi connectivity index (χ1n) is 7.85. The molecule has 2 rings (SSSR count). The Balaban J connectivity index is 2.27. The average Bonchev–Trinajstić information content (AvgIpc) is 2.56. The number of anilines is 3. The van der Waals surface area contributed by atoms with Crippen molar-refractivity contribution in [1.82, 2.24) is 9.97 Å². The van der Waals surface area contributed by atoms with Gasteiger partial charge in [-0.25, -0.2) is 9.97 Å². The number of methoxy groups -OCH3 is 2. The molecule has 24 heavy (non-hydrogen) atoms. The first kappa shape index (κ1) is 18.1. The molecule has 0 spiro atoms. The van der Waals surface area contributed by atoms with E-state index in [4.69, 9.17) is 21.1 Å². The number of aromatic nitrogens is 2. The molecule has 7 heteroatoms. The molecule has 0 saturated carbocycles. The summed E-state index contributed by atoms with van der Waals surface area (Å²) in [5.74, 6) is 3.31. The topological polar surface area (TPSA) is 68.3 Å². The monoisotopic (exact) mass is 350 g/mol. The lowest BCUT2D eigenvalue weighted by Gasteiger charge is -2.14. The van der Waals surface area contributed by atoms with Crippen molar-refractivity contribution in [2.45, 2.75) is 26.7 Å². The molecule has 1 heterocycles. The number of halogens is 1. The van der Waals surface area contributed by atoms with Crippen molar-refractivity contribution < 1.29 is 9.47 Å². The number of nitrogens with zero attached hydrogens (tertiary/aromatic N) is 2.